The first-order valence-corrected chi connectivity index (χ1v) is 10.7. The number of carboxylic acid groups (broad SMARTS) is 1. The van der Waals surface area contributed by atoms with Gasteiger partial charge in [-0.3, -0.25) is 4.79 Å². The van der Waals surface area contributed by atoms with E-state index in [1.165, 1.54) is 11.8 Å². The number of carbonyl (C=O) groups is 1. The van der Waals surface area contributed by atoms with Gasteiger partial charge >= 0.3 is 5.97 Å². The molecule has 4 aliphatic rings. The topological polar surface area (TPSA) is 69.6 Å². The first-order valence-electron chi connectivity index (χ1n) is 10.7. The van der Waals surface area contributed by atoms with E-state index < -0.39 is 30.4 Å². The van der Waals surface area contributed by atoms with Crippen molar-refractivity contribution in [3.8, 4) is 0 Å². The highest BCUT2D eigenvalue weighted by atomic mass is 19.3. The van der Waals surface area contributed by atoms with Gasteiger partial charge < -0.3 is 14.9 Å². The summed E-state index contributed by atoms with van der Waals surface area (Å²) in [5.41, 5.74) is -0.461. The Bertz CT molecular complexity index is 955. The van der Waals surface area contributed by atoms with Crippen molar-refractivity contribution in [3.05, 3.63) is 11.3 Å². The van der Waals surface area contributed by atoms with E-state index in [0.29, 0.717) is 37.3 Å². The van der Waals surface area contributed by atoms with E-state index in [9.17, 15) is 27.5 Å². The molecule has 3 fully saturated rings. The SMILES string of the molecule is C[C@H]1N(c2nc(N3CC4(C)[C@@H](CC(=O)O)[C@]4(C)C3)c3c(n2)C(F)(F)CCC3)CC1(F)F. The number of piperidine rings is 1. The Hall–Kier alpha value is -2.13. The van der Waals surface area contributed by atoms with E-state index in [1.54, 1.807) is 0 Å². The molecule has 0 bridgehead atoms. The van der Waals surface area contributed by atoms with Crippen LogP contribution in [0.3, 0.4) is 0 Å². The van der Waals surface area contributed by atoms with Gasteiger partial charge in [-0.2, -0.15) is 13.8 Å². The summed E-state index contributed by atoms with van der Waals surface area (Å²) in [5.74, 6) is -6.54. The summed E-state index contributed by atoms with van der Waals surface area (Å²) < 4.78 is 57.1. The fraction of sp³-hybridized carbons (Fsp3) is 0.762. The van der Waals surface area contributed by atoms with Crippen molar-refractivity contribution in [2.45, 2.75) is 64.3 Å². The molecule has 1 saturated carbocycles. The number of alkyl halides is 4. The summed E-state index contributed by atoms with van der Waals surface area (Å²) in [6.45, 7) is 5.81. The maximum atomic E-state index is 14.8. The number of fused-ring (bicyclic) bond motifs is 2. The lowest BCUT2D eigenvalue weighted by atomic mass is 9.92. The van der Waals surface area contributed by atoms with Crippen LogP contribution in [0, 0.1) is 16.7 Å². The summed E-state index contributed by atoms with van der Waals surface area (Å²) in [6, 6.07) is -1.16. The minimum atomic E-state index is -3.13. The van der Waals surface area contributed by atoms with Gasteiger partial charge in [-0.25, -0.2) is 13.8 Å². The number of nitrogens with zero attached hydrogens (tertiary/aromatic N) is 4. The summed E-state index contributed by atoms with van der Waals surface area (Å²) in [6.07, 6.45) is 0.469. The van der Waals surface area contributed by atoms with E-state index in [1.807, 2.05) is 18.7 Å². The van der Waals surface area contributed by atoms with Crippen LogP contribution in [0.25, 0.3) is 0 Å². The lowest BCUT2D eigenvalue weighted by Crippen LogP contribution is -2.64. The fourth-order valence-electron chi connectivity index (χ4n) is 6.12. The number of aromatic nitrogens is 2. The van der Waals surface area contributed by atoms with Crippen molar-refractivity contribution >= 4 is 17.7 Å². The van der Waals surface area contributed by atoms with Gasteiger partial charge in [0.15, 0.2) is 0 Å². The molecule has 1 N–H and O–H groups in total. The van der Waals surface area contributed by atoms with E-state index in [-0.39, 0.29) is 41.2 Å². The first-order chi connectivity index (χ1) is 14.3. The van der Waals surface area contributed by atoms with E-state index in [0.717, 1.165) is 0 Å². The molecular weight excluding hydrogens is 416 g/mol. The Morgan fingerprint density at radius 1 is 1.13 bits per heavy atom. The maximum Gasteiger partial charge on any atom is 0.303 e. The van der Waals surface area contributed by atoms with Gasteiger partial charge in [0.2, 0.25) is 5.95 Å². The van der Waals surface area contributed by atoms with E-state index in [2.05, 4.69) is 9.97 Å². The van der Waals surface area contributed by atoms with E-state index >= 15 is 0 Å². The van der Waals surface area contributed by atoms with Gasteiger partial charge in [0.05, 0.1) is 12.6 Å². The summed E-state index contributed by atoms with van der Waals surface area (Å²) in [5, 5.41) is 9.22. The van der Waals surface area contributed by atoms with Crippen molar-refractivity contribution in [3.63, 3.8) is 0 Å². The van der Waals surface area contributed by atoms with Gasteiger partial charge in [0.25, 0.3) is 11.8 Å². The predicted molar refractivity (Wildman–Crippen MR) is 105 cm³/mol. The zero-order valence-corrected chi connectivity index (χ0v) is 17.8. The number of aliphatic carboxylic acids is 1. The Morgan fingerprint density at radius 3 is 2.32 bits per heavy atom. The van der Waals surface area contributed by atoms with Crippen LogP contribution >= 0.6 is 0 Å². The molecule has 31 heavy (non-hydrogen) atoms. The average Bonchev–Trinajstić information content (AvgIpc) is 2.95. The number of rotatable bonds is 4. The normalized spacial score (nSPS) is 37.1. The highest BCUT2D eigenvalue weighted by molar-refractivity contribution is 5.69. The van der Waals surface area contributed by atoms with Gasteiger partial charge in [-0.15, -0.1) is 0 Å². The average molecular weight is 442 g/mol. The molecule has 0 amide bonds. The Kier molecular flexibility index (Phi) is 4.02. The van der Waals surface area contributed by atoms with Gasteiger partial charge in [0, 0.05) is 31.5 Å². The molecule has 10 heteroatoms. The number of anilines is 2. The van der Waals surface area contributed by atoms with Crippen LogP contribution in [0.4, 0.5) is 29.3 Å². The number of halogens is 4. The molecule has 0 radical (unpaired) electrons. The molecule has 2 saturated heterocycles. The molecule has 1 aromatic heterocycles. The van der Waals surface area contributed by atoms with Gasteiger partial charge in [-0.1, -0.05) is 13.8 Å². The van der Waals surface area contributed by atoms with Crippen LogP contribution in [0.1, 0.15) is 51.3 Å². The van der Waals surface area contributed by atoms with Crippen molar-refractivity contribution in [2.75, 3.05) is 29.4 Å². The van der Waals surface area contributed by atoms with Gasteiger partial charge in [-0.05, 0) is 36.5 Å². The van der Waals surface area contributed by atoms with Crippen LogP contribution in [0.15, 0.2) is 0 Å². The Morgan fingerprint density at radius 2 is 1.77 bits per heavy atom. The highest BCUT2D eigenvalue weighted by Gasteiger charge is 2.75. The van der Waals surface area contributed by atoms with Crippen molar-refractivity contribution in [1.82, 2.24) is 9.97 Å². The lowest BCUT2D eigenvalue weighted by Gasteiger charge is -2.46. The summed E-state index contributed by atoms with van der Waals surface area (Å²) >= 11 is 0. The lowest BCUT2D eigenvalue weighted by molar-refractivity contribution is -0.137. The van der Waals surface area contributed by atoms with Gasteiger partial charge in [0.1, 0.15) is 11.5 Å². The smallest absolute Gasteiger partial charge is 0.303 e. The van der Waals surface area contributed by atoms with E-state index in [4.69, 9.17) is 0 Å². The molecule has 0 spiro atoms. The largest absolute Gasteiger partial charge is 0.481 e. The second-order valence-electron chi connectivity index (χ2n) is 10.1. The number of hydrogen-bond acceptors (Lipinski definition) is 5. The molecule has 3 heterocycles. The number of hydrogen-bond donors (Lipinski definition) is 1. The molecular formula is C21H26F4N4O2. The third-order valence-electron chi connectivity index (χ3n) is 8.43. The van der Waals surface area contributed by atoms with Crippen LogP contribution in [0.5, 0.6) is 0 Å². The minimum absolute atomic E-state index is 0.0152. The molecule has 1 aromatic rings. The second kappa shape index (κ2) is 6.01. The predicted octanol–water partition coefficient (Wildman–Crippen LogP) is 3.69. The Labute approximate surface area is 177 Å². The molecule has 0 aromatic carbocycles. The summed E-state index contributed by atoms with van der Waals surface area (Å²) in [7, 11) is 0. The first kappa shape index (κ1) is 20.8. The van der Waals surface area contributed by atoms with Crippen LogP contribution in [0.2, 0.25) is 0 Å². The van der Waals surface area contributed by atoms with Crippen molar-refractivity contribution in [1.29, 1.82) is 0 Å². The third-order valence-corrected chi connectivity index (χ3v) is 8.43. The van der Waals surface area contributed by atoms with Crippen LogP contribution in [-0.2, 0) is 17.1 Å². The Balaban J connectivity index is 1.52. The quantitative estimate of drug-likeness (QED) is 0.718. The monoisotopic (exact) mass is 442 g/mol. The molecule has 6 nitrogen and oxygen atoms in total. The zero-order valence-electron chi connectivity index (χ0n) is 17.8. The number of carboxylic acids is 1. The van der Waals surface area contributed by atoms with Crippen molar-refractivity contribution < 1.29 is 27.5 Å². The minimum Gasteiger partial charge on any atom is -0.481 e. The molecule has 170 valence electrons. The molecule has 4 atom stereocenters. The molecule has 2 aliphatic carbocycles. The zero-order chi connectivity index (χ0) is 22.6. The maximum absolute atomic E-state index is 14.8. The molecule has 2 aliphatic heterocycles. The molecule has 5 rings (SSSR count). The standard InChI is InChI=1S/C21H26F4N4O2/c1-11-21(24,25)10-29(11)17-26-15-12(5-4-6-20(15,22)23)16(27-17)28-8-18(2)13(7-14(30)31)19(18,3)9-28/h11,13H,4-10H2,1-3H3,(H,30,31)/t11-,13-,18?,19+/m1/s1. The second-order valence-corrected chi connectivity index (χ2v) is 10.1. The fourth-order valence-corrected chi connectivity index (χ4v) is 6.12. The van der Waals surface area contributed by atoms with Crippen molar-refractivity contribution in [2.24, 2.45) is 16.7 Å². The highest BCUT2D eigenvalue weighted by Crippen LogP contribution is 2.74. The van der Waals surface area contributed by atoms with Crippen LogP contribution in [-0.4, -0.2) is 52.6 Å². The molecule has 1 unspecified atom stereocenters. The summed E-state index contributed by atoms with van der Waals surface area (Å²) in [4.78, 5) is 23.1. The van der Waals surface area contributed by atoms with Crippen LogP contribution < -0.4 is 9.80 Å². The third kappa shape index (κ3) is 2.72.